The summed E-state index contributed by atoms with van der Waals surface area (Å²) in [6.45, 7) is 6.98. The highest BCUT2D eigenvalue weighted by atomic mass is 16.6. The Morgan fingerprint density at radius 2 is 1.69 bits per heavy atom. The van der Waals surface area contributed by atoms with Gasteiger partial charge >= 0.3 is 5.97 Å². The molecule has 32 heavy (non-hydrogen) atoms. The molecule has 0 bridgehead atoms. The monoisotopic (exact) mass is 431 g/mol. The molecule has 1 N–H and O–H groups in total. The van der Waals surface area contributed by atoms with Crippen LogP contribution in [-0.2, 0) is 16.0 Å². The van der Waals surface area contributed by atoms with Crippen molar-refractivity contribution < 1.29 is 19.0 Å². The zero-order valence-corrected chi connectivity index (χ0v) is 18.7. The lowest BCUT2D eigenvalue weighted by atomic mass is 9.87. The number of rotatable bonds is 7. The van der Waals surface area contributed by atoms with E-state index >= 15 is 0 Å². The van der Waals surface area contributed by atoms with Gasteiger partial charge in [0, 0.05) is 24.4 Å². The fourth-order valence-corrected chi connectivity index (χ4v) is 3.96. The molecule has 166 valence electrons. The summed E-state index contributed by atoms with van der Waals surface area (Å²) >= 11 is 0. The van der Waals surface area contributed by atoms with Gasteiger partial charge in [-0.2, -0.15) is 0 Å². The maximum Gasteiger partial charge on any atom is 0.338 e. The zero-order chi connectivity index (χ0) is 22.6. The molecule has 5 nitrogen and oxygen atoms in total. The van der Waals surface area contributed by atoms with Crippen LogP contribution in [-0.4, -0.2) is 24.3 Å². The number of fused-ring (bicyclic) bond motifs is 1. The lowest BCUT2D eigenvalue weighted by molar-refractivity contribution is -0.137. The normalized spacial score (nSPS) is 18.8. The molecule has 0 radical (unpaired) electrons. The van der Waals surface area contributed by atoms with Gasteiger partial charge in [0.2, 0.25) is 0 Å². The number of benzene rings is 3. The van der Waals surface area contributed by atoms with Crippen molar-refractivity contribution in [2.75, 3.05) is 11.9 Å². The van der Waals surface area contributed by atoms with Gasteiger partial charge in [-0.05, 0) is 56.7 Å². The van der Waals surface area contributed by atoms with Crippen LogP contribution in [0.25, 0.3) is 0 Å². The summed E-state index contributed by atoms with van der Waals surface area (Å²) in [5.41, 5.74) is 2.76. The van der Waals surface area contributed by atoms with Crippen molar-refractivity contribution in [2.24, 2.45) is 0 Å². The quantitative estimate of drug-likeness (QED) is 0.481. The van der Waals surface area contributed by atoms with Crippen molar-refractivity contribution in [3.8, 4) is 5.75 Å². The average Bonchev–Trinajstić information content (AvgIpc) is 2.81. The van der Waals surface area contributed by atoms with Crippen LogP contribution in [0.1, 0.15) is 48.4 Å². The number of ether oxygens (including phenoxy) is 3. The molecule has 1 aliphatic rings. The van der Waals surface area contributed by atoms with Gasteiger partial charge in [-0.3, -0.25) is 0 Å². The average molecular weight is 432 g/mol. The van der Waals surface area contributed by atoms with Crippen LogP contribution < -0.4 is 10.1 Å². The molecule has 4 rings (SSSR count). The Morgan fingerprint density at radius 1 is 1.00 bits per heavy atom. The molecule has 0 amide bonds. The fraction of sp³-hybridized carbons (Fsp3) is 0.296. The summed E-state index contributed by atoms with van der Waals surface area (Å²) in [4.78, 5) is 12.8. The van der Waals surface area contributed by atoms with E-state index in [1.165, 1.54) is 5.56 Å². The van der Waals surface area contributed by atoms with E-state index in [-0.39, 0.29) is 0 Å². The van der Waals surface area contributed by atoms with Crippen molar-refractivity contribution in [1.29, 1.82) is 0 Å². The molecule has 0 aromatic heterocycles. The molecule has 5 heteroatoms. The van der Waals surface area contributed by atoms with Crippen molar-refractivity contribution in [3.05, 3.63) is 95.6 Å². The third-order valence-corrected chi connectivity index (χ3v) is 5.58. The first-order chi connectivity index (χ1) is 15.5. The highest BCUT2D eigenvalue weighted by Crippen LogP contribution is 2.44. The van der Waals surface area contributed by atoms with Gasteiger partial charge in [-0.25, -0.2) is 4.79 Å². The third-order valence-electron chi connectivity index (χ3n) is 5.58. The van der Waals surface area contributed by atoms with Crippen LogP contribution in [0, 0.1) is 0 Å². The molecule has 0 fully saturated rings. The molecule has 1 heterocycles. The predicted octanol–water partition coefficient (Wildman–Crippen LogP) is 5.77. The van der Waals surface area contributed by atoms with Gasteiger partial charge in [0.15, 0.2) is 6.10 Å². The Labute approximate surface area is 189 Å². The minimum absolute atomic E-state index is 0.390. The number of esters is 1. The van der Waals surface area contributed by atoms with E-state index in [9.17, 15) is 4.79 Å². The highest BCUT2D eigenvalue weighted by Gasteiger charge is 2.47. The van der Waals surface area contributed by atoms with Gasteiger partial charge in [0.25, 0.3) is 0 Å². The molecule has 0 spiro atoms. The predicted molar refractivity (Wildman–Crippen MR) is 125 cm³/mol. The highest BCUT2D eigenvalue weighted by molar-refractivity contribution is 5.89. The molecule has 0 aliphatic carbocycles. The first-order valence-corrected chi connectivity index (χ1v) is 11.0. The molecule has 3 aromatic carbocycles. The van der Waals surface area contributed by atoms with Crippen molar-refractivity contribution in [1.82, 2.24) is 0 Å². The minimum Gasteiger partial charge on any atom is -0.483 e. The Bertz CT molecular complexity index is 1050. The molecular formula is C27H29NO4. The molecule has 2 unspecified atom stereocenters. The molecule has 1 aliphatic heterocycles. The van der Waals surface area contributed by atoms with E-state index < -0.39 is 23.8 Å². The van der Waals surface area contributed by atoms with Crippen LogP contribution in [0.2, 0.25) is 0 Å². The smallest absolute Gasteiger partial charge is 0.338 e. The lowest BCUT2D eigenvalue weighted by Gasteiger charge is -2.43. The Kier molecular flexibility index (Phi) is 6.47. The number of carbonyl (C=O) groups excluding carboxylic acids is 1. The lowest BCUT2D eigenvalue weighted by Crippen LogP contribution is -2.51. The van der Waals surface area contributed by atoms with Gasteiger partial charge in [0.05, 0.1) is 5.56 Å². The first-order valence-electron chi connectivity index (χ1n) is 11.0. The number of anilines is 1. The summed E-state index contributed by atoms with van der Waals surface area (Å²) in [7, 11) is 0. The van der Waals surface area contributed by atoms with Crippen LogP contribution in [0.4, 0.5) is 5.69 Å². The maximum atomic E-state index is 12.8. The molecule has 3 aromatic rings. The van der Waals surface area contributed by atoms with Crippen molar-refractivity contribution in [3.63, 3.8) is 0 Å². The molecule has 0 saturated carbocycles. The summed E-state index contributed by atoms with van der Waals surface area (Å²) in [5, 5.41) is 3.46. The molecule has 0 saturated heterocycles. The molecule has 2 atom stereocenters. The second-order valence-electron chi connectivity index (χ2n) is 8.37. The number of nitrogens with one attached hydrogen (secondary N) is 1. The van der Waals surface area contributed by atoms with Gasteiger partial charge in [-0.15, -0.1) is 0 Å². The summed E-state index contributed by atoms with van der Waals surface area (Å²) in [6.07, 6.45) is -1.04. The van der Waals surface area contributed by atoms with Crippen LogP contribution in [0.5, 0.6) is 5.75 Å². The topological polar surface area (TPSA) is 56.8 Å². The van der Waals surface area contributed by atoms with E-state index in [2.05, 4.69) is 17.4 Å². The van der Waals surface area contributed by atoms with E-state index in [0.29, 0.717) is 18.7 Å². The van der Waals surface area contributed by atoms with Crippen LogP contribution in [0.3, 0.4) is 0 Å². The number of hydrogen-bond acceptors (Lipinski definition) is 5. The maximum absolute atomic E-state index is 12.8. The van der Waals surface area contributed by atoms with Crippen LogP contribution >= 0.6 is 0 Å². The Morgan fingerprint density at radius 3 is 2.38 bits per heavy atom. The standard InChI is InChI=1S/C27H29NO4/c1-4-30-24-22-17-21(28-18-19-11-7-5-8-12-19)15-16-23(22)32-27(2,3)25(24)31-26(29)20-13-9-6-10-14-20/h5-17,24-25,28H,4,18H2,1-3H3. The fourth-order valence-electron chi connectivity index (χ4n) is 3.96. The van der Waals surface area contributed by atoms with Gasteiger partial charge in [0.1, 0.15) is 17.5 Å². The first kappa shape index (κ1) is 21.9. The number of carbonyl (C=O) groups is 1. The van der Waals surface area contributed by atoms with Gasteiger partial charge in [-0.1, -0.05) is 48.5 Å². The van der Waals surface area contributed by atoms with E-state index in [0.717, 1.165) is 17.0 Å². The zero-order valence-electron chi connectivity index (χ0n) is 18.7. The van der Waals surface area contributed by atoms with Crippen LogP contribution in [0.15, 0.2) is 78.9 Å². The third kappa shape index (κ3) is 4.78. The summed E-state index contributed by atoms with van der Waals surface area (Å²) in [6, 6.07) is 25.2. The summed E-state index contributed by atoms with van der Waals surface area (Å²) in [5.74, 6) is 0.351. The van der Waals surface area contributed by atoms with Gasteiger partial charge < -0.3 is 19.5 Å². The molecular weight excluding hydrogens is 402 g/mol. The largest absolute Gasteiger partial charge is 0.483 e. The van der Waals surface area contributed by atoms with Crippen molar-refractivity contribution in [2.45, 2.75) is 45.1 Å². The minimum atomic E-state index is -0.754. The SMILES string of the molecule is CCOC1c2cc(NCc3ccccc3)ccc2OC(C)(C)C1OC(=O)c1ccccc1. The summed E-state index contributed by atoms with van der Waals surface area (Å²) < 4.78 is 18.4. The van der Waals surface area contributed by atoms with E-state index in [1.54, 1.807) is 12.1 Å². The van der Waals surface area contributed by atoms with E-state index in [1.807, 2.05) is 75.4 Å². The Hall–Kier alpha value is -3.31. The second kappa shape index (κ2) is 9.45. The Balaban J connectivity index is 1.60. The van der Waals surface area contributed by atoms with E-state index in [4.69, 9.17) is 14.2 Å². The van der Waals surface area contributed by atoms with Crippen molar-refractivity contribution >= 4 is 11.7 Å². The number of hydrogen-bond donors (Lipinski definition) is 1. The second-order valence-corrected chi connectivity index (χ2v) is 8.37.